The maximum atomic E-state index is 12.5. The van der Waals surface area contributed by atoms with Crippen molar-refractivity contribution < 1.29 is 4.79 Å². The first kappa shape index (κ1) is 19.1. The molecule has 1 atom stereocenters. The molecule has 0 radical (unpaired) electrons. The van der Waals surface area contributed by atoms with Crippen LogP contribution in [-0.4, -0.2) is 21.4 Å². The number of hydrogen-bond donors (Lipinski definition) is 1. The third-order valence-corrected chi connectivity index (χ3v) is 6.23. The molecular formula is C22H22ClN3OS. The van der Waals surface area contributed by atoms with Crippen LogP contribution in [-0.2, 0) is 10.2 Å². The SMILES string of the molecule is CC(C)(C)c1nn(-c2ccccc2)c2c1C(c1ccc(Cl)cc1)SCC(=O)N2. The number of amides is 1. The Labute approximate surface area is 174 Å². The van der Waals surface area contributed by atoms with Gasteiger partial charge in [0.15, 0.2) is 0 Å². The normalized spacial score (nSPS) is 17.0. The average molecular weight is 412 g/mol. The highest BCUT2D eigenvalue weighted by Crippen LogP contribution is 2.46. The second-order valence-electron chi connectivity index (χ2n) is 7.90. The van der Waals surface area contributed by atoms with Gasteiger partial charge in [-0.05, 0) is 29.8 Å². The average Bonchev–Trinajstić information content (AvgIpc) is 2.95. The van der Waals surface area contributed by atoms with Gasteiger partial charge in [0.1, 0.15) is 5.82 Å². The van der Waals surface area contributed by atoms with Crippen LogP contribution >= 0.6 is 23.4 Å². The Balaban J connectivity index is 1.98. The topological polar surface area (TPSA) is 46.9 Å². The predicted molar refractivity (Wildman–Crippen MR) is 117 cm³/mol. The predicted octanol–water partition coefficient (Wildman–Crippen LogP) is 5.60. The van der Waals surface area contributed by atoms with E-state index in [0.29, 0.717) is 10.8 Å². The van der Waals surface area contributed by atoms with Crippen molar-refractivity contribution in [2.24, 2.45) is 0 Å². The molecule has 0 bridgehead atoms. The molecule has 4 nitrogen and oxygen atoms in total. The van der Waals surface area contributed by atoms with E-state index >= 15 is 0 Å². The highest BCUT2D eigenvalue weighted by molar-refractivity contribution is 8.00. The summed E-state index contributed by atoms with van der Waals surface area (Å²) in [5, 5.41) is 8.77. The second kappa shape index (κ2) is 7.30. The third-order valence-electron chi connectivity index (χ3n) is 4.71. The van der Waals surface area contributed by atoms with Crippen molar-refractivity contribution in [3.8, 4) is 5.69 Å². The molecule has 3 aromatic rings. The highest BCUT2D eigenvalue weighted by atomic mass is 35.5. The lowest BCUT2D eigenvalue weighted by Crippen LogP contribution is -2.16. The minimum atomic E-state index is -0.176. The zero-order valence-electron chi connectivity index (χ0n) is 16.1. The Hall–Kier alpha value is -2.24. The van der Waals surface area contributed by atoms with E-state index in [0.717, 1.165) is 28.3 Å². The number of carbonyl (C=O) groups excluding carboxylic acids is 1. The Bertz CT molecular complexity index is 1010. The minimum Gasteiger partial charge on any atom is -0.310 e. The fourth-order valence-electron chi connectivity index (χ4n) is 3.42. The number of halogens is 1. The number of rotatable bonds is 2. The Morgan fingerprint density at radius 2 is 1.79 bits per heavy atom. The molecule has 1 amide bonds. The van der Waals surface area contributed by atoms with Crippen molar-refractivity contribution in [2.75, 3.05) is 11.1 Å². The quantitative estimate of drug-likeness (QED) is 0.597. The van der Waals surface area contributed by atoms with E-state index in [-0.39, 0.29) is 16.6 Å². The number of carbonyl (C=O) groups is 1. The van der Waals surface area contributed by atoms with Crippen LogP contribution in [0.25, 0.3) is 5.69 Å². The molecule has 0 fully saturated rings. The van der Waals surface area contributed by atoms with E-state index in [4.69, 9.17) is 16.7 Å². The lowest BCUT2D eigenvalue weighted by molar-refractivity contribution is -0.113. The molecule has 0 saturated carbocycles. The van der Waals surface area contributed by atoms with Crippen LogP contribution < -0.4 is 5.32 Å². The molecule has 6 heteroatoms. The highest BCUT2D eigenvalue weighted by Gasteiger charge is 2.35. The number of thioether (sulfide) groups is 1. The first-order valence-corrected chi connectivity index (χ1v) is 10.6. The number of para-hydroxylation sites is 1. The summed E-state index contributed by atoms with van der Waals surface area (Å²) in [6.07, 6.45) is 0. The van der Waals surface area contributed by atoms with E-state index in [1.165, 1.54) is 0 Å². The molecule has 0 saturated heterocycles. The van der Waals surface area contributed by atoms with Gasteiger partial charge in [0.2, 0.25) is 5.91 Å². The largest absolute Gasteiger partial charge is 0.310 e. The number of anilines is 1. The van der Waals surface area contributed by atoms with Crippen molar-refractivity contribution in [2.45, 2.75) is 31.4 Å². The van der Waals surface area contributed by atoms with Crippen LogP contribution in [0, 0.1) is 0 Å². The fraction of sp³-hybridized carbons (Fsp3) is 0.273. The third kappa shape index (κ3) is 3.56. The maximum Gasteiger partial charge on any atom is 0.235 e. The van der Waals surface area contributed by atoms with Gasteiger partial charge in [-0.3, -0.25) is 4.79 Å². The molecule has 2 aromatic carbocycles. The Kier molecular flexibility index (Phi) is 4.98. The molecule has 1 unspecified atom stereocenters. The summed E-state index contributed by atoms with van der Waals surface area (Å²) in [6, 6.07) is 17.8. The number of nitrogens with zero attached hydrogens (tertiary/aromatic N) is 2. The van der Waals surface area contributed by atoms with E-state index in [1.807, 2.05) is 59.3 Å². The Morgan fingerprint density at radius 3 is 2.43 bits per heavy atom. The zero-order chi connectivity index (χ0) is 19.9. The first-order valence-electron chi connectivity index (χ1n) is 9.20. The molecule has 28 heavy (non-hydrogen) atoms. The number of nitrogens with one attached hydrogen (secondary N) is 1. The van der Waals surface area contributed by atoms with Crippen molar-refractivity contribution in [3.05, 3.63) is 76.4 Å². The van der Waals surface area contributed by atoms with E-state index in [2.05, 4.69) is 26.1 Å². The molecule has 4 rings (SSSR count). The van der Waals surface area contributed by atoms with Gasteiger partial charge in [0.05, 0.1) is 22.4 Å². The summed E-state index contributed by atoms with van der Waals surface area (Å²) in [5.41, 5.74) is 3.92. The summed E-state index contributed by atoms with van der Waals surface area (Å²) in [7, 11) is 0. The Morgan fingerprint density at radius 1 is 1.11 bits per heavy atom. The van der Waals surface area contributed by atoms with Crippen LogP contribution in [0.5, 0.6) is 0 Å². The minimum absolute atomic E-state index is 0.00194. The van der Waals surface area contributed by atoms with Gasteiger partial charge in [-0.25, -0.2) is 4.68 Å². The first-order chi connectivity index (χ1) is 13.3. The van der Waals surface area contributed by atoms with Crippen LogP contribution in [0.1, 0.15) is 42.8 Å². The van der Waals surface area contributed by atoms with Gasteiger partial charge < -0.3 is 5.32 Å². The summed E-state index contributed by atoms with van der Waals surface area (Å²) in [4.78, 5) is 12.5. The fourth-order valence-corrected chi connectivity index (χ4v) is 4.68. The standard InChI is InChI=1S/C22H22ClN3OS/c1-22(2,3)20-18-19(14-9-11-15(23)12-10-14)28-13-17(27)24-21(18)26(25-20)16-7-5-4-6-8-16/h4-12,19H,13H2,1-3H3,(H,24,27). The zero-order valence-corrected chi connectivity index (χ0v) is 17.6. The van der Waals surface area contributed by atoms with Crippen molar-refractivity contribution >= 4 is 35.1 Å². The molecule has 1 aliphatic heterocycles. The van der Waals surface area contributed by atoms with Crippen molar-refractivity contribution in [1.29, 1.82) is 0 Å². The van der Waals surface area contributed by atoms with E-state index < -0.39 is 0 Å². The van der Waals surface area contributed by atoms with Crippen LogP contribution in [0.2, 0.25) is 5.02 Å². The van der Waals surface area contributed by atoms with Crippen LogP contribution in [0.3, 0.4) is 0 Å². The number of fused-ring (bicyclic) bond motifs is 1. The van der Waals surface area contributed by atoms with Gasteiger partial charge in [0.25, 0.3) is 0 Å². The molecule has 1 aromatic heterocycles. The van der Waals surface area contributed by atoms with Gasteiger partial charge in [-0.1, -0.05) is 62.7 Å². The molecule has 1 aliphatic rings. The molecular weight excluding hydrogens is 390 g/mol. The van der Waals surface area contributed by atoms with Crippen LogP contribution in [0.15, 0.2) is 54.6 Å². The van der Waals surface area contributed by atoms with Gasteiger partial charge in [-0.15, -0.1) is 11.8 Å². The number of benzene rings is 2. The van der Waals surface area contributed by atoms with Crippen LogP contribution in [0.4, 0.5) is 5.82 Å². The molecule has 0 spiro atoms. The summed E-state index contributed by atoms with van der Waals surface area (Å²) >= 11 is 7.73. The lowest BCUT2D eigenvalue weighted by atomic mass is 9.87. The van der Waals surface area contributed by atoms with E-state index in [9.17, 15) is 4.79 Å². The molecule has 144 valence electrons. The van der Waals surface area contributed by atoms with Crippen molar-refractivity contribution in [3.63, 3.8) is 0 Å². The summed E-state index contributed by atoms with van der Waals surface area (Å²) in [5.74, 6) is 1.13. The second-order valence-corrected chi connectivity index (χ2v) is 9.43. The molecule has 0 aliphatic carbocycles. The van der Waals surface area contributed by atoms with E-state index in [1.54, 1.807) is 11.8 Å². The summed E-state index contributed by atoms with van der Waals surface area (Å²) in [6.45, 7) is 6.46. The molecule has 1 N–H and O–H groups in total. The monoisotopic (exact) mass is 411 g/mol. The number of hydrogen-bond acceptors (Lipinski definition) is 3. The smallest absolute Gasteiger partial charge is 0.235 e. The maximum absolute atomic E-state index is 12.5. The van der Waals surface area contributed by atoms with Gasteiger partial charge >= 0.3 is 0 Å². The molecule has 2 heterocycles. The lowest BCUT2D eigenvalue weighted by Gasteiger charge is -2.22. The van der Waals surface area contributed by atoms with Gasteiger partial charge in [-0.2, -0.15) is 5.10 Å². The van der Waals surface area contributed by atoms with Gasteiger partial charge in [0, 0.05) is 16.0 Å². The van der Waals surface area contributed by atoms with Crippen molar-refractivity contribution in [1.82, 2.24) is 9.78 Å². The summed E-state index contributed by atoms with van der Waals surface area (Å²) < 4.78 is 1.86. The number of aromatic nitrogens is 2.